The van der Waals surface area contributed by atoms with Crippen LogP contribution in [0.5, 0.6) is 0 Å². The number of carboxylic acid groups (broad SMARTS) is 1. The van der Waals surface area contributed by atoms with Gasteiger partial charge in [-0.3, -0.25) is 10.1 Å². The quantitative estimate of drug-likeness (QED) is 0.193. The number of carboxylic acids is 1. The van der Waals surface area contributed by atoms with Crippen LogP contribution in [0.4, 0.5) is 13.2 Å². The predicted octanol–water partition coefficient (Wildman–Crippen LogP) is 7.36. The lowest BCUT2D eigenvalue weighted by atomic mass is 9.72. The number of aromatic amines is 1. The van der Waals surface area contributed by atoms with E-state index in [9.17, 15) is 23.2 Å². The van der Waals surface area contributed by atoms with E-state index in [1.54, 1.807) is 30.3 Å². The number of benzene rings is 2. The molecule has 0 bridgehead atoms. The molecule has 6 nitrogen and oxygen atoms in total. The number of aromatic nitrogens is 3. The molecule has 0 atom stereocenters. The van der Waals surface area contributed by atoms with Crippen LogP contribution >= 0.6 is 11.6 Å². The zero-order chi connectivity index (χ0) is 27.7. The second kappa shape index (κ2) is 10.4. The smallest absolute Gasteiger partial charge is 0.417 e. The predicted molar refractivity (Wildman–Crippen MR) is 141 cm³/mol. The lowest BCUT2D eigenvalue weighted by Crippen LogP contribution is -2.18. The Labute approximate surface area is 226 Å². The van der Waals surface area contributed by atoms with Crippen LogP contribution < -0.4 is 0 Å². The summed E-state index contributed by atoms with van der Waals surface area (Å²) >= 11 is 6.01. The van der Waals surface area contributed by atoms with Crippen molar-refractivity contribution in [3.63, 3.8) is 0 Å². The maximum absolute atomic E-state index is 14.3. The number of nitrogens with zero attached hydrogens (tertiary/aromatic N) is 3. The maximum atomic E-state index is 14.3. The second-order valence-corrected chi connectivity index (χ2v) is 9.63. The molecule has 4 aromatic rings. The lowest BCUT2D eigenvalue weighted by Gasteiger charge is -2.33. The number of hydrogen-bond acceptors (Lipinski definition) is 4. The molecule has 2 aromatic heterocycles. The van der Waals surface area contributed by atoms with E-state index in [0.29, 0.717) is 51.7 Å². The number of alkyl halides is 3. The molecule has 0 saturated heterocycles. The molecular formula is C29H20ClF3N4O2. The summed E-state index contributed by atoms with van der Waals surface area (Å²) in [6.45, 7) is 0. The maximum Gasteiger partial charge on any atom is 0.417 e. The summed E-state index contributed by atoms with van der Waals surface area (Å²) in [7, 11) is 0. The third kappa shape index (κ3) is 5.29. The van der Waals surface area contributed by atoms with Gasteiger partial charge in [-0.1, -0.05) is 36.2 Å². The van der Waals surface area contributed by atoms with Crippen LogP contribution in [0.3, 0.4) is 0 Å². The van der Waals surface area contributed by atoms with Gasteiger partial charge in [-0.05, 0) is 77.4 Å². The fraction of sp³-hybridized carbons (Fsp3) is 0.172. The van der Waals surface area contributed by atoms with Crippen molar-refractivity contribution in [3.05, 3.63) is 99.5 Å². The minimum Gasteiger partial charge on any atom is -0.478 e. The van der Waals surface area contributed by atoms with Crippen molar-refractivity contribution in [3.8, 4) is 6.07 Å². The topological polar surface area (TPSA) is 103 Å². The van der Waals surface area contributed by atoms with Gasteiger partial charge in [0.25, 0.3) is 0 Å². The van der Waals surface area contributed by atoms with Crippen LogP contribution in [0.15, 0.2) is 60.8 Å². The van der Waals surface area contributed by atoms with Gasteiger partial charge in [0, 0.05) is 28.2 Å². The monoisotopic (exact) mass is 548 g/mol. The molecule has 2 aromatic carbocycles. The number of nitriles is 1. The van der Waals surface area contributed by atoms with Gasteiger partial charge in [0.2, 0.25) is 0 Å². The summed E-state index contributed by atoms with van der Waals surface area (Å²) in [6, 6.07) is 14.4. The number of aliphatic carboxylic acids is 1. The third-order valence-corrected chi connectivity index (χ3v) is 7.02. The average Bonchev–Trinajstić information content (AvgIpc) is 3.29. The number of allylic oxidation sites excluding steroid dienone is 1. The number of pyridine rings is 1. The molecular weight excluding hydrogens is 529 g/mol. The Balaban J connectivity index is 1.83. The van der Waals surface area contributed by atoms with E-state index in [1.807, 2.05) is 6.07 Å². The summed E-state index contributed by atoms with van der Waals surface area (Å²) in [5.74, 6) is -1.28. The van der Waals surface area contributed by atoms with Crippen molar-refractivity contribution in [1.82, 2.24) is 15.2 Å². The first-order valence-corrected chi connectivity index (χ1v) is 12.4. The van der Waals surface area contributed by atoms with Gasteiger partial charge in [-0.2, -0.15) is 23.5 Å². The zero-order valence-corrected chi connectivity index (χ0v) is 21.0. The lowest BCUT2D eigenvalue weighted by molar-refractivity contribution is -0.137. The van der Waals surface area contributed by atoms with E-state index >= 15 is 0 Å². The summed E-state index contributed by atoms with van der Waals surface area (Å²) in [6.07, 6.45) is 1.47. The first-order valence-electron chi connectivity index (χ1n) is 12.0. The highest BCUT2D eigenvalue weighted by atomic mass is 35.5. The van der Waals surface area contributed by atoms with Gasteiger partial charge in [0.15, 0.2) is 5.69 Å². The van der Waals surface area contributed by atoms with E-state index in [2.05, 4.69) is 15.2 Å². The highest BCUT2D eigenvalue weighted by Gasteiger charge is 2.37. The molecule has 10 heteroatoms. The minimum atomic E-state index is -4.65. The molecule has 0 radical (unpaired) electrons. The van der Waals surface area contributed by atoms with E-state index in [-0.39, 0.29) is 22.2 Å². The molecule has 0 amide bonds. The normalized spacial score (nSPS) is 14.7. The van der Waals surface area contributed by atoms with Crippen molar-refractivity contribution >= 4 is 45.7 Å². The van der Waals surface area contributed by atoms with Gasteiger partial charge < -0.3 is 5.11 Å². The van der Waals surface area contributed by atoms with Crippen LogP contribution in [-0.2, 0) is 11.0 Å². The number of nitrogens with one attached hydrogen (secondary N) is 1. The minimum absolute atomic E-state index is 0.0182. The Hall–Kier alpha value is -4.42. The van der Waals surface area contributed by atoms with Crippen molar-refractivity contribution in [2.24, 2.45) is 5.92 Å². The molecule has 196 valence electrons. The third-order valence-electron chi connectivity index (χ3n) is 6.79. The number of H-pyrrole nitrogens is 1. The van der Waals surface area contributed by atoms with E-state index in [0.717, 1.165) is 18.6 Å². The van der Waals surface area contributed by atoms with Crippen molar-refractivity contribution < 1.29 is 23.1 Å². The standard InChI is InChI=1S/C29H20ClF3N4O2/c30-19-6-9-21(23(13-19)29(31,32)33)28(16-2-1-3-16)27(18-4-7-20(35-15-18)8-11-26(38)39)17-5-10-24-22(12-17)25(14-34)37-36-24/h4-13,15-16H,1-3H2,(H,36,37)(H,38,39)/b11-8+,28-27-. The van der Waals surface area contributed by atoms with Gasteiger partial charge in [-0.25, -0.2) is 4.79 Å². The molecule has 2 heterocycles. The molecule has 1 saturated carbocycles. The Morgan fingerprint density at radius 3 is 2.51 bits per heavy atom. The molecule has 0 aliphatic heterocycles. The highest BCUT2D eigenvalue weighted by Crippen LogP contribution is 2.48. The average molecular weight is 549 g/mol. The Kier molecular flexibility index (Phi) is 6.98. The van der Waals surface area contributed by atoms with Crippen LogP contribution in [0, 0.1) is 17.2 Å². The molecule has 1 aliphatic carbocycles. The van der Waals surface area contributed by atoms with Gasteiger partial charge in [0.1, 0.15) is 6.07 Å². The fourth-order valence-electron chi connectivity index (χ4n) is 4.78. The van der Waals surface area contributed by atoms with Crippen LogP contribution in [0.2, 0.25) is 5.02 Å². The first kappa shape index (κ1) is 26.2. The van der Waals surface area contributed by atoms with Crippen molar-refractivity contribution in [1.29, 1.82) is 5.26 Å². The van der Waals surface area contributed by atoms with Gasteiger partial charge in [0.05, 0.1) is 16.8 Å². The number of halogens is 4. The van der Waals surface area contributed by atoms with E-state index < -0.39 is 17.7 Å². The zero-order valence-electron chi connectivity index (χ0n) is 20.3. The van der Waals surface area contributed by atoms with Crippen LogP contribution in [-0.4, -0.2) is 26.3 Å². The Morgan fingerprint density at radius 1 is 1.13 bits per heavy atom. The van der Waals surface area contributed by atoms with Gasteiger partial charge >= 0.3 is 12.1 Å². The second-order valence-electron chi connectivity index (χ2n) is 9.19. The largest absolute Gasteiger partial charge is 0.478 e. The number of hydrogen-bond donors (Lipinski definition) is 2. The molecule has 0 spiro atoms. The van der Waals surface area contributed by atoms with Crippen molar-refractivity contribution in [2.45, 2.75) is 25.4 Å². The molecule has 39 heavy (non-hydrogen) atoms. The van der Waals surface area contributed by atoms with E-state index in [4.69, 9.17) is 16.7 Å². The molecule has 0 unspecified atom stereocenters. The fourth-order valence-corrected chi connectivity index (χ4v) is 4.95. The Morgan fingerprint density at radius 2 is 1.90 bits per heavy atom. The Bertz CT molecular complexity index is 1680. The summed E-state index contributed by atoms with van der Waals surface area (Å²) in [5, 5.41) is 25.8. The number of rotatable bonds is 6. The summed E-state index contributed by atoms with van der Waals surface area (Å²) in [5.41, 5.74) is 2.59. The van der Waals surface area contributed by atoms with Crippen LogP contribution in [0.1, 0.15) is 52.9 Å². The molecule has 5 rings (SSSR count). The number of fused-ring (bicyclic) bond motifs is 1. The summed E-state index contributed by atoms with van der Waals surface area (Å²) < 4.78 is 42.9. The highest BCUT2D eigenvalue weighted by molar-refractivity contribution is 6.30. The SMILES string of the molecule is N#Cc1n[nH]c2ccc(/C(=C(/c3ccc(Cl)cc3C(F)(F)F)C3CCC3)c3ccc(/C=C/C(=O)O)nc3)cc12. The van der Waals surface area contributed by atoms with Crippen LogP contribution in [0.25, 0.3) is 28.1 Å². The van der Waals surface area contributed by atoms with Crippen molar-refractivity contribution in [2.75, 3.05) is 0 Å². The van der Waals surface area contributed by atoms with Gasteiger partial charge in [-0.15, -0.1) is 0 Å². The molecule has 1 fully saturated rings. The summed E-state index contributed by atoms with van der Waals surface area (Å²) in [4.78, 5) is 15.3. The number of carbonyl (C=O) groups is 1. The molecule has 2 N–H and O–H groups in total. The first-order chi connectivity index (χ1) is 18.7. The van der Waals surface area contributed by atoms with E-state index in [1.165, 1.54) is 24.4 Å². The molecule has 1 aliphatic rings.